The smallest absolute Gasteiger partial charge is 0.298 e. The van der Waals surface area contributed by atoms with Crippen molar-refractivity contribution >= 4 is 5.91 Å². The van der Waals surface area contributed by atoms with Gasteiger partial charge in [0.05, 0.1) is 6.10 Å². The fourth-order valence-corrected chi connectivity index (χ4v) is 2.09. The monoisotopic (exact) mass is 243 g/mol. The molecule has 0 spiro atoms. The minimum atomic E-state index is -0.357. The molecule has 2 rings (SSSR count). The number of aliphatic hydroxyl groups is 1. The predicted octanol–water partition coefficient (Wildman–Crippen LogP) is 1.27. The molecule has 1 amide bonds. The lowest BCUT2D eigenvalue weighted by atomic mass is 10.0. The molecule has 1 saturated heterocycles. The summed E-state index contributed by atoms with van der Waals surface area (Å²) in [6, 6.07) is 9.47. The summed E-state index contributed by atoms with van der Waals surface area (Å²) in [6.07, 6.45) is 0.501. The Bertz CT molecular complexity index is 470. The molecule has 1 aromatic rings. The molecule has 0 aromatic heterocycles. The molecular weight excluding hydrogens is 226 g/mol. The van der Waals surface area contributed by atoms with Gasteiger partial charge in [-0.2, -0.15) is 0 Å². The molecule has 0 saturated carbocycles. The van der Waals surface area contributed by atoms with Gasteiger partial charge in [0.25, 0.3) is 5.91 Å². The molecule has 0 radical (unpaired) electrons. The molecule has 1 aromatic carbocycles. The Morgan fingerprint density at radius 3 is 2.78 bits per heavy atom. The summed E-state index contributed by atoms with van der Waals surface area (Å²) in [5.41, 5.74) is 0.845. The molecule has 1 heterocycles. The summed E-state index contributed by atoms with van der Waals surface area (Å²) >= 11 is 0. The largest absolute Gasteiger partial charge is 0.393 e. The highest BCUT2D eigenvalue weighted by Gasteiger charge is 2.28. The Balaban J connectivity index is 1.96. The third kappa shape index (κ3) is 3.12. The Hall–Kier alpha value is -1.79. The van der Waals surface area contributed by atoms with E-state index < -0.39 is 0 Å². The molecule has 94 valence electrons. The second kappa shape index (κ2) is 5.70. The van der Waals surface area contributed by atoms with E-state index in [9.17, 15) is 9.90 Å². The molecule has 0 aliphatic carbocycles. The normalized spacial score (nSPS) is 20.1. The van der Waals surface area contributed by atoms with E-state index in [1.165, 1.54) is 0 Å². The zero-order valence-corrected chi connectivity index (χ0v) is 10.5. The summed E-state index contributed by atoms with van der Waals surface area (Å²) < 4.78 is 0. The van der Waals surface area contributed by atoms with Crippen LogP contribution in [-0.4, -0.2) is 35.1 Å². The molecule has 1 N–H and O–H groups in total. The van der Waals surface area contributed by atoms with Gasteiger partial charge >= 0.3 is 0 Å². The number of carbonyl (C=O) groups is 1. The first kappa shape index (κ1) is 12.7. The third-order valence-electron chi connectivity index (χ3n) is 3.28. The molecular formula is C15H17NO2. The fraction of sp³-hybridized carbons (Fsp3) is 0.400. The van der Waals surface area contributed by atoms with E-state index in [2.05, 4.69) is 11.8 Å². The zero-order valence-electron chi connectivity index (χ0n) is 10.5. The summed E-state index contributed by atoms with van der Waals surface area (Å²) in [7, 11) is 0. The van der Waals surface area contributed by atoms with Gasteiger partial charge < -0.3 is 10.0 Å². The van der Waals surface area contributed by atoms with Crippen molar-refractivity contribution in [2.45, 2.75) is 19.4 Å². The number of benzene rings is 1. The Kier molecular flexibility index (Phi) is 4.01. The average molecular weight is 243 g/mol. The van der Waals surface area contributed by atoms with Crippen molar-refractivity contribution in [2.24, 2.45) is 5.92 Å². The number of likely N-dealkylation sites (tertiary alicyclic amines) is 1. The number of amides is 1. The van der Waals surface area contributed by atoms with Gasteiger partial charge in [0.2, 0.25) is 0 Å². The van der Waals surface area contributed by atoms with Crippen LogP contribution in [0.1, 0.15) is 18.9 Å². The zero-order chi connectivity index (χ0) is 13.0. The lowest BCUT2D eigenvalue weighted by Gasteiger charge is -2.14. The van der Waals surface area contributed by atoms with Crippen LogP contribution in [0.2, 0.25) is 0 Å². The first-order valence-electron chi connectivity index (χ1n) is 6.21. The van der Waals surface area contributed by atoms with E-state index in [0.717, 1.165) is 12.0 Å². The van der Waals surface area contributed by atoms with E-state index >= 15 is 0 Å². The van der Waals surface area contributed by atoms with Crippen LogP contribution in [0.5, 0.6) is 0 Å². The van der Waals surface area contributed by atoms with Gasteiger partial charge in [0, 0.05) is 30.5 Å². The first-order valence-corrected chi connectivity index (χ1v) is 6.21. The van der Waals surface area contributed by atoms with Crippen molar-refractivity contribution in [2.75, 3.05) is 13.1 Å². The van der Waals surface area contributed by atoms with E-state index in [1.807, 2.05) is 30.3 Å². The molecule has 3 heteroatoms. The minimum Gasteiger partial charge on any atom is -0.393 e. The van der Waals surface area contributed by atoms with Gasteiger partial charge in [-0.3, -0.25) is 4.79 Å². The van der Waals surface area contributed by atoms with E-state index in [0.29, 0.717) is 13.1 Å². The summed E-state index contributed by atoms with van der Waals surface area (Å²) in [5.74, 6) is 5.55. The van der Waals surface area contributed by atoms with Crippen LogP contribution in [0.25, 0.3) is 0 Å². The summed E-state index contributed by atoms with van der Waals surface area (Å²) in [4.78, 5) is 13.6. The molecule has 1 aliphatic heterocycles. The minimum absolute atomic E-state index is 0.151. The van der Waals surface area contributed by atoms with E-state index in [1.54, 1.807) is 11.8 Å². The van der Waals surface area contributed by atoms with Crippen molar-refractivity contribution in [1.29, 1.82) is 0 Å². The first-order chi connectivity index (χ1) is 8.66. The van der Waals surface area contributed by atoms with Crippen molar-refractivity contribution in [3.05, 3.63) is 35.9 Å². The van der Waals surface area contributed by atoms with Crippen LogP contribution in [0, 0.1) is 17.8 Å². The van der Waals surface area contributed by atoms with Gasteiger partial charge in [-0.05, 0) is 25.5 Å². The van der Waals surface area contributed by atoms with Gasteiger partial charge in [0.15, 0.2) is 0 Å². The topological polar surface area (TPSA) is 40.5 Å². The lowest BCUT2D eigenvalue weighted by Crippen LogP contribution is -2.29. The molecule has 1 aliphatic rings. The number of hydrogen-bond donors (Lipinski definition) is 1. The number of nitrogens with zero attached hydrogens (tertiary/aromatic N) is 1. The molecule has 2 atom stereocenters. The Labute approximate surface area is 107 Å². The van der Waals surface area contributed by atoms with Gasteiger partial charge in [-0.1, -0.05) is 24.1 Å². The van der Waals surface area contributed by atoms with Crippen molar-refractivity contribution in [3.8, 4) is 11.8 Å². The van der Waals surface area contributed by atoms with Crippen LogP contribution in [0.3, 0.4) is 0 Å². The number of rotatable bonds is 1. The van der Waals surface area contributed by atoms with Crippen molar-refractivity contribution in [1.82, 2.24) is 4.90 Å². The molecule has 0 bridgehead atoms. The Morgan fingerprint density at radius 1 is 1.44 bits per heavy atom. The SMILES string of the molecule is CC(O)C1CCN(C(=O)C#Cc2ccccc2)C1. The summed E-state index contributed by atoms with van der Waals surface area (Å²) in [6.45, 7) is 3.08. The number of aliphatic hydroxyl groups excluding tert-OH is 1. The highest BCUT2D eigenvalue weighted by molar-refractivity contribution is 5.94. The lowest BCUT2D eigenvalue weighted by molar-refractivity contribution is -0.124. The van der Waals surface area contributed by atoms with Crippen LogP contribution in [-0.2, 0) is 4.79 Å². The second-order valence-electron chi connectivity index (χ2n) is 4.66. The van der Waals surface area contributed by atoms with Gasteiger partial charge in [0.1, 0.15) is 0 Å². The third-order valence-corrected chi connectivity index (χ3v) is 3.28. The number of carbonyl (C=O) groups excluding carboxylic acids is 1. The fourth-order valence-electron chi connectivity index (χ4n) is 2.09. The van der Waals surface area contributed by atoms with E-state index in [4.69, 9.17) is 0 Å². The molecule has 2 unspecified atom stereocenters. The second-order valence-corrected chi connectivity index (χ2v) is 4.66. The van der Waals surface area contributed by atoms with E-state index in [-0.39, 0.29) is 17.9 Å². The van der Waals surface area contributed by atoms with Crippen LogP contribution >= 0.6 is 0 Å². The maximum Gasteiger partial charge on any atom is 0.298 e. The van der Waals surface area contributed by atoms with Crippen molar-refractivity contribution < 1.29 is 9.90 Å². The number of hydrogen-bond acceptors (Lipinski definition) is 2. The predicted molar refractivity (Wildman–Crippen MR) is 69.7 cm³/mol. The van der Waals surface area contributed by atoms with Crippen molar-refractivity contribution in [3.63, 3.8) is 0 Å². The van der Waals surface area contributed by atoms with Crippen LogP contribution < -0.4 is 0 Å². The Morgan fingerprint density at radius 2 is 2.17 bits per heavy atom. The molecule has 18 heavy (non-hydrogen) atoms. The molecule has 3 nitrogen and oxygen atoms in total. The highest BCUT2D eigenvalue weighted by Crippen LogP contribution is 2.19. The maximum atomic E-state index is 11.9. The average Bonchev–Trinajstić information content (AvgIpc) is 2.87. The quantitative estimate of drug-likeness (QED) is 0.755. The van der Waals surface area contributed by atoms with Gasteiger partial charge in [-0.15, -0.1) is 0 Å². The van der Waals surface area contributed by atoms with Gasteiger partial charge in [-0.25, -0.2) is 0 Å². The standard InChI is InChI=1S/C15H17NO2/c1-12(17)14-9-10-16(11-14)15(18)8-7-13-5-3-2-4-6-13/h2-6,12,14,17H,9-11H2,1H3. The summed E-state index contributed by atoms with van der Waals surface area (Å²) in [5, 5.41) is 9.49. The van der Waals surface area contributed by atoms with Crippen LogP contribution in [0.15, 0.2) is 30.3 Å². The highest BCUT2D eigenvalue weighted by atomic mass is 16.3. The van der Waals surface area contributed by atoms with Crippen LogP contribution in [0.4, 0.5) is 0 Å². The molecule has 1 fully saturated rings. The maximum absolute atomic E-state index is 11.9.